The van der Waals surface area contributed by atoms with Crippen molar-refractivity contribution < 1.29 is 19.1 Å². The van der Waals surface area contributed by atoms with Crippen LogP contribution < -0.4 is 10.1 Å². The third kappa shape index (κ3) is 4.90. The fourth-order valence-electron chi connectivity index (χ4n) is 1.37. The zero-order valence-corrected chi connectivity index (χ0v) is 12.6. The van der Waals surface area contributed by atoms with Crippen LogP contribution in [0.2, 0.25) is 5.02 Å². The Labute approximate surface area is 127 Å². The first-order chi connectivity index (χ1) is 9.47. The first-order valence-corrected chi connectivity index (χ1v) is 6.87. The molecule has 0 aliphatic heterocycles. The third-order valence-electron chi connectivity index (χ3n) is 2.26. The van der Waals surface area contributed by atoms with Crippen molar-refractivity contribution in [1.29, 1.82) is 0 Å². The average molecular weight is 320 g/mol. The fraction of sp³-hybridized carbons (Fsp3) is 0.385. The van der Waals surface area contributed by atoms with E-state index in [2.05, 4.69) is 5.32 Å². The second-order valence-corrected chi connectivity index (χ2v) is 4.51. The van der Waals surface area contributed by atoms with Crippen LogP contribution >= 0.6 is 23.2 Å². The first kappa shape index (κ1) is 16.6. The first-order valence-electron chi connectivity index (χ1n) is 5.96. The van der Waals surface area contributed by atoms with E-state index in [1.54, 1.807) is 26.0 Å². The molecule has 0 spiro atoms. The highest BCUT2D eigenvalue weighted by molar-refractivity contribution is 6.32. The Kier molecular flexibility index (Phi) is 6.61. The number of hydrogen-bond acceptors (Lipinski definition) is 4. The predicted octanol–water partition coefficient (Wildman–Crippen LogP) is 2.85. The molecule has 1 unspecified atom stereocenters. The number of carbonyl (C=O) groups is 2. The molecular weight excluding hydrogens is 305 g/mol. The third-order valence-corrected chi connectivity index (χ3v) is 2.80. The normalized spacial score (nSPS) is 11.6. The minimum absolute atomic E-state index is 0.143. The van der Waals surface area contributed by atoms with Gasteiger partial charge in [0.1, 0.15) is 11.6 Å². The second kappa shape index (κ2) is 7.97. The monoisotopic (exact) mass is 319 g/mol. The smallest absolute Gasteiger partial charge is 0.347 e. The number of amides is 1. The lowest BCUT2D eigenvalue weighted by Crippen LogP contribution is -2.26. The molecule has 0 saturated carbocycles. The maximum atomic E-state index is 11.4. The highest BCUT2D eigenvalue weighted by Gasteiger charge is 2.17. The van der Waals surface area contributed by atoms with Crippen LogP contribution in [0.5, 0.6) is 5.75 Å². The summed E-state index contributed by atoms with van der Waals surface area (Å²) in [7, 11) is 0. The van der Waals surface area contributed by atoms with Crippen molar-refractivity contribution >= 4 is 40.8 Å². The molecule has 0 heterocycles. The molecule has 110 valence electrons. The Morgan fingerprint density at radius 3 is 2.65 bits per heavy atom. The lowest BCUT2D eigenvalue weighted by atomic mass is 10.3. The summed E-state index contributed by atoms with van der Waals surface area (Å²) >= 11 is 11.4. The van der Waals surface area contributed by atoms with E-state index in [0.717, 1.165) is 0 Å². The molecule has 1 N–H and O–H groups in total. The Bertz CT molecular complexity index is 493. The van der Waals surface area contributed by atoms with Gasteiger partial charge in [-0.05, 0) is 32.0 Å². The Morgan fingerprint density at radius 2 is 2.10 bits per heavy atom. The minimum atomic E-state index is -0.768. The highest BCUT2D eigenvalue weighted by atomic mass is 35.5. The van der Waals surface area contributed by atoms with Crippen LogP contribution in [-0.4, -0.2) is 30.5 Å². The van der Waals surface area contributed by atoms with Gasteiger partial charge in [0.05, 0.1) is 11.6 Å². The Morgan fingerprint density at radius 1 is 1.40 bits per heavy atom. The van der Waals surface area contributed by atoms with Crippen molar-refractivity contribution in [2.45, 2.75) is 20.0 Å². The SMILES string of the molecule is CCOC(=O)C(C)Oc1ccc(NC(=O)CCl)cc1Cl. The van der Waals surface area contributed by atoms with Crippen molar-refractivity contribution in [1.82, 2.24) is 0 Å². The molecule has 1 rings (SSSR count). The second-order valence-electron chi connectivity index (χ2n) is 3.84. The molecule has 0 saturated heterocycles. The largest absolute Gasteiger partial charge is 0.477 e. The predicted molar refractivity (Wildman–Crippen MR) is 77.5 cm³/mol. The summed E-state index contributed by atoms with van der Waals surface area (Å²) in [6.07, 6.45) is -0.768. The van der Waals surface area contributed by atoms with Gasteiger partial charge < -0.3 is 14.8 Å². The van der Waals surface area contributed by atoms with Crippen LogP contribution in [0.3, 0.4) is 0 Å². The number of anilines is 1. The van der Waals surface area contributed by atoms with Gasteiger partial charge in [-0.3, -0.25) is 4.79 Å². The molecule has 0 aliphatic carbocycles. The van der Waals surface area contributed by atoms with E-state index in [1.807, 2.05) is 0 Å². The zero-order valence-electron chi connectivity index (χ0n) is 11.1. The molecular formula is C13H15Cl2NO4. The molecule has 1 atom stereocenters. The number of benzene rings is 1. The lowest BCUT2D eigenvalue weighted by Gasteiger charge is -2.15. The van der Waals surface area contributed by atoms with Gasteiger partial charge in [-0.25, -0.2) is 4.79 Å². The number of ether oxygens (including phenoxy) is 2. The van der Waals surface area contributed by atoms with E-state index in [9.17, 15) is 9.59 Å². The standard InChI is InChI=1S/C13H15Cl2NO4/c1-3-19-13(18)8(2)20-11-5-4-9(6-10(11)15)16-12(17)7-14/h4-6,8H,3,7H2,1-2H3,(H,16,17). The van der Waals surface area contributed by atoms with E-state index >= 15 is 0 Å². The van der Waals surface area contributed by atoms with Crippen LogP contribution in [0.15, 0.2) is 18.2 Å². The van der Waals surface area contributed by atoms with E-state index in [0.29, 0.717) is 11.4 Å². The average Bonchev–Trinajstić information content (AvgIpc) is 2.41. The molecule has 7 heteroatoms. The Balaban J connectivity index is 2.73. The highest BCUT2D eigenvalue weighted by Crippen LogP contribution is 2.28. The quantitative estimate of drug-likeness (QED) is 0.647. The maximum absolute atomic E-state index is 11.4. The molecule has 5 nitrogen and oxygen atoms in total. The number of rotatable bonds is 6. The summed E-state index contributed by atoms with van der Waals surface area (Å²) in [6.45, 7) is 3.56. The van der Waals surface area contributed by atoms with Gasteiger partial charge in [0.2, 0.25) is 5.91 Å². The van der Waals surface area contributed by atoms with Gasteiger partial charge in [0.25, 0.3) is 0 Å². The van der Waals surface area contributed by atoms with Crippen LogP contribution in [-0.2, 0) is 14.3 Å². The van der Waals surface area contributed by atoms with Gasteiger partial charge in [0.15, 0.2) is 6.10 Å². The van der Waals surface area contributed by atoms with Gasteiger partial charge in [-0.1, -0.05) is 11.6 Å². The zero-order chi connectivity index (χ0) is 15.1. The van der Waals surface area contributed by atoms with Gasteiger partial charge in [-0.15, -0.1) is 11.6 Å². The maximum Gasteiger partial charge on any atom is 0.347 e. The number of alkyl halides is 1. The van der Waals surface area contributed by atoms with Crippen LogP contribution in [0.1, 0.15) is 13.8 Å². The summed E-state index contributed by atoms with van der Waals surface area (Å²) in [5, 5.41) is 2.83. The molecule has 0 bridgehead atoms. The molecule has 0 fully saturated rings. The molecule has 0 aromatic heterocycles. The summed E-state index contributed by atoms with van der Waals surface area (Å²) in [4.78, 5) is 22.6. The van der Waals surface area contributed by atoms with E-state index in [-0.39, 0.29) is 23.4 Å². The topological polar surface area (TPSA) is 64.6 Å². The van der Waals surface area contributed by atoms with Gasteiger partial charge >= 0.3 is 5.97 Å². The molecule has 0 radical (unpaired) electrons. The fourth-order valence-corrected chi connectivity index (χ4v) is 1.66. The Hall–Kier alpha value is -1.46. The number of halogens is 2. The summed E-state index contributed by atoms with van der Waals surface area (Å²) in [6, 6.07) is 4.67. The number of esters is 1. The molecule has 1 amide bonds. The molecule has 1 aromatic rings. The number of hydrogen-bond donors (Lipinski definition) is 1. The van der Waals surface area contributed by atoms with E-state index in [4.69, 9.17) is 32.7 Å². The van der Waals surface area contributed by atoms with Crippen molar-refractivity contribution in [3.63, 3.8) is 0 Å². The molecule has 1 aromatic carbocycles. The molecule has 0 aliphatic rings. The van der Waals surface area contributed by atoms with Gasteiger partial charge in [-0.2, -0.15) is 0 Å². The van der Waals surface area contributed by atoms with Gasteiger partial charge in [0, 0.05) is 5.69 Å². The number of nitrogens with one attached hydrogen (secondary N) is 1. The van der Waals surface area contributed by atoms with Crippen LogP contribution in [0.4, 0.5) is 5.69 Å². The summed E-state index contributed by atoms with van der Waals surface area (Å²) in [5.41, 5.74) is 0.497. The van der Waals surface area contributed by atoms with Crippen molar-refractivity contribution in [2.24, 2.45) is 0 Å². The van der Waals surface area contributed by atoms with Crippen molar-refractivity contribution in [3.8, 4) is 5.75 Å². The van der Waals surface area contributed by atoms with E-state index < -0.39 is 12.1 Å². The number of carbonyl (C=O) groups excluding carboxylic acids is 2. The van der Waals surface area contributed by atoms with Crippen LogP contribution in [0.25, 0.3) is 0 Å². The summed E-state index contributed by atoms with van der Waals surface area (Å²) < 4.78 is 10.2. The van der Waals surface area contributed by atoms with Crippen molar-refractivity contribution in [2.75, 3.05) is 17.8 Å². The molecule has 20 heavy (non-hydrogen) atoms. The summed E-state index contributed by atoms with van der Waals surface area (Å²) in [5.74, 6) is -0.620. The van der Waals surface area contributed by atoms with E-state index in [1.165, 1.54) is 6.07 Å². The minimum Gasteiger partial charge on any atom is -0.477 e. The van der Waals surface area contributed by atoms with Crippen LogP contribution in [0, 0.1) is 0 Å². The lowest BCUT2D eigenvalue weighted by molar-refractivity contribution is -0.150. The van der Waals surface area contributed by atoms with Crippen molar-refractivity contribution in [3.05, 3.63) is 23.2 Å².